The molecule has 7 heteroatoms. The van der Waals surface area contributed by atoms with Gasteiger partial charge in [-0.15, -0.1) is 0 Å². The summed E-state index contributed by atoms with van der Waals surface area (Å²) in [7, 11) is 0. The Kier molecular flexibility index (Phi) is 5.68. The van der Waals surface area contributed by atoms with E-state index in [0.717, 1.165) is 5.56 Å². The van der Waals surface area contributed by atoms with Gasteiger partial charge in [-0.3, -0.25) is 9.59 Å². The fourth-order valence-electron chi connectivity index (χ4n) is 2.26. The molecule has 2 aromatic carbocycles. The third-order valence-corrected chi connectivity index (χ3v) is 3.99. The molecule has 0 fully saturated rings. The highest BCUT2D eigenvalue weighted by molar-refractivity contribution is 6.30. The molecule has 0 aliphatic heterocycles. The summed E-state index contributed by atoms with van der Waals surface area (Å²) >= 11 is 5.81. The summed E-state index contributed by atoms with van der Waals surface area (Å²) in [6.07, 6.45) is 1.44. The van der Waals surface area contributed by atoms with Gasteiger partial charge < -0.3 is 9.73 Å². The monoisotopic (exact) mass is 381 g/mol. The third-order valence-electron chi connectivity index (χ3n) is 3.74. The highest BCUT2D eigenvalue weighted by Gasteiger charge is 2.09. The highest BCUT2D eigenvalue weighted by atomic mass is 35.5. The van der Waals surface area contributed by atoms with Gasteiger partial charge in [0.05, 0.1) is 12.0 Å². The number of hydrazone groups is 1. The van der Waals surface area contributed by atoms with Crippen molar-refractivity contribution in [3.8, 4) is 0 Å². The second-order valence-electron chi connectivity index (χ2n) is 5.65. The van der Waals surface area contributed by atoms with Crippen LogP contribution in [0.25, 0.3) is 0 Å². The van der Waals surface area contributed by atoms with Crippen LogP contribution in [0.2, 0.25) is 5.02 Å². The molecule has 0 saturated heterocycles. The molecule has 0 bridgehead atoms. The van der Waals surface area contributed by atoms with Crippen LogP contribution in [-0.2, 0) is 0 Å². The van der Waals surface area contributed by atoms with E-state index in [2.05, 4.69) is 15.8 Å². The second kappa shape index (κ2) is 8.33. The number of benzene rings is 2. The van der Waals surface area contributed by atoms with Gasteiger partial charge in [0.25, 0.3) is 11.8 Å². The first-order chi connectivity index (χ1) is 13.0. The number of carbonyl (C=O) groups is 2. The van der Waals surface area contributed by atoms with Crippen LogP contribution in [0.5, 0.6) is 0 Å². The molecule has 0 saturated carbocycles. The molecule has 0 spiro atoms. The SMILES string of the molecule is CC(=NNC(=O)c1ccc(Cl)cc1)c1ccc(NC(=O)c2ccco2)cc1. The first kappa shape index (κ1) is 18.4. The molecule has 0 aliphatic carbocycles. The number of amides is 2. The van der Waals surface area contributed by atoms with E-state index < -0.39 is 0 Å². The zero-order chi connectivity index (χ0) is 19.2. The zero-order valence-corrected chi connectivity index (χ0v) is 15.2. The molecule has 136 valence electrons. The van der Waals surface area contributed by atoms with E-state index >= 15 is 0 Å². The summed E-state index contributed by atoms with van der Waals surface area (Å²) < 4.78 is 5.05. The first-order valence-corrected chi connectivity index (χ1v) is 8.46. The molecule has 2 N–H and O–H groups in total. The lowest BCUT2D eigenvalue weighted by Crippen LogP contribution is -2.19. The Labute approximate surface area is 160 Å². The first-order valence-electron chi connectivity index (χ1n) is 8.08. The van der Waals surface area contributed by atoms with Crippen LogP contribution in [0.4, 0.5) is 5.69 Å². The van der Waals surface area contributed by atoms with Gasteiger partial charge in [-0.25, -0.2) is 5.43 Å². The Morgan fingerprint density at radius 3 is 2.22 bits per heavy atom. The van der Waals surface area contributed by atoms with Gasteiger partial charge in [-0.2, -0.15) is 5.10 Å². The maximum atomic E-state index is 12.1. The standard InChI is InChI=1S/C20H16ClN3O3/c1-13(23-24-19(25)15-4-8-16(21)9-5-15)14-6-10-17(11-7-14)22-20(26)18-3-2-12-27-18/h2-12H,1H3,(H,22,26)(H,24,25). The highest BCUT2D eigenvalue weighted by Crippen LogP contribution is 2.13. The summed E-state index contributed by atoms with van der Waals surface area (Å²) in [5, 5.41) is 7.40. The average Bonchev–Trinajstić information content (AvgIpc) is 3.22. The minimum Gasteiger partial charge on any atom is -0.459 e. The second-order valence-corrected chi connectivity index (χ2v) is 6.09. The predicted octanol–water partition coefficient (Wildman–Crippen LogP) is 4.34. The summed E-state index contributed by atoms with van der Waals surface area (Å²) in [6, 6.07) is 16.9. The molecule has 1 aromatic heterocycles. The van der Waals surface area contributed by atoms with Crippen LogP contribution >= 0.6 is 11.6 Å². The fraction of sp³-hybridized carbons (Fsp3) is 0.0500. The molecular formula is C20H16ClN3O3. The molecule has 27 heavy (non-hydrogen) atoms. The topological polar surface area (TPSA) is 83.7 Å². The van der Waals surface area contributed by atoms with E-state index in [1.165, 1.54) is 6.26 Å². The molecule has 0 unspecified atom stereocenters. The van der Waals surface area contributed by atoms with E-state index in [0.29, 0.717) is 22.0 Å². The van der Waals surface area contributed by atoms with Crippen LogP contribution < -0.4 is 10.7 Å². The quantitative estimate of drug-likeness (QED) is 0.509. The molecule has 0 aliphatic rings. The van der Waals surface area contributed by atoms with Crippen molar-refractivity contribution in [2.75, 3.05) is 5.32 Å². The molecule has 3 aromatic rings. The minimum absolute atomic E-state index is 0.238. The lowest BCUT2D eigenvalue weighted by Gasteiger charge is -2.06. The van der Waals surface area contributed by atoms with Crippen molar-refractivity contribution in [2.24, 2.45) is 5.10 Å². The van der Waals surface area contributed by atoms with Crippen LogP contribution in [0, 0.1) is 0 Å². The van der Waals surface area contributed by atoms with Gasteiger partial charge in [0.2, 0.25) is 0 Å². The van der Waals surface area contributed by atoms with E-state index in [1.807, 2.05) is 0 Å². The Bertz CT molecular complexity index is 963. The van der Waals surface area contributed by atoms with Crippen molar-refractivity contribution in [3.05, 3.63) is 88.8 Å². The number of furan rings is 1. The summed E-state index contributed by atoms with van der Waals surface area (Å²) in [5.41, 5.74) is 5.03. The molecule has 0 atom stereocenters. The Balaban J connectivity index is 1.62. The number of halogens is 1. The Hall–Kier alpha value is -3.38. The van der Waals surface area contributed by atoms with Gasteiger partial charge in [0.15, 0.2) is 5.76 Å². The Morgan fingerprint density at radius 2 is 1.59 bits per heavy atom. The normalized spacial score (nSPS) is 11.1. The number of anilines is 1. The van der Waals surface area contributed by atoms with Gasteiger partial charge in [0.1, 0.15) is 0 Å². The van der Waals surface area contributed by atoms with Gasteiger partial charge in [-0.05, 0) is 61.0 Å². The zero-order valence-electron chi connectivity index (χ0n) is 14.4. The van der Waals surface area contributed by atoms with E-state index in [4.69, 9.17) is 16.0 Å². The fourth-order valence-corrected chi connectivity index (χ4v) is 2.39. The smallest absolute Gasteiger partial charge is 0.291 e. The van der Waals surface area contributed by atoms with Crippen molar-refractivity contribution in [2.45, 2.75) is 6.92 Å². The third kappa shape index (κ3) is 4.83. The number of nitrogens with one attached hydrogen (secondary N) is 2. The minimum atomic E-state index is -0.326. The Morgan fingerprint density at radius 1 is 0.926 bits per heavy atom. The number of nitrogens with zero attached hydrogens (tertiary/aromatic N) is 1. The predicted molar refractivity (Wildman–Crippen MR) is 104 cm³/mol. The molecule has 1 heterocycles. The van der Waals surface area contributed by atoms with Crippen LogP contribution in [0.3, 0.4) is 0 Å². The van der Waals surface area contributed by atoms with Crippen molar-refractivity contribution in [3.63, 3.8) is 0 Å². The lowest BCUT2D eigenvalue weighted by atomic mass is 10.1. The van der Waals surface area contributed by atoms with E-state index in [9.17, 15) is 9.59 Å². The molecule has 6 nitrogen and oxygen atoms in total. The van der Waals surface area contributed by atoms with Gasteiger partial charge >= 0.3 is 0 Å². The number of hydrogen-bond acceptors (Lipinski definition) is 4. The van der Waals surface area contributed by atoms with Crippen LogP contribution in [-0.4, -0.2) is 17.5 Å². The number of carbonyl (C=O) groups excluding carboxylic acids is 2. The van der Waals surface area contributed by atoms with E-state index in [-0.39, 0.29) is 17.6 Å². The van der Waals surface area contributed by atoms with Crippen molar-refractivity contribution in [1.82, 2.24) is 5.43 Å². The molecule has 2 amide bonds. The maximum Gasteiger partial charge on any atom is 0.291 e. The van der Waals surface area contributed by atoms with E-state index in [1.54, 1.807) is 67.6 Å². The largest absolute Gasteiger partial charge is 0.459 e. The van der Waals surface area contributed by atoms with Crippen molar-refractivity contribution >= 4 is 34.8 Å². The summed E-state index contributed by atoms with van der Waals surface area (Å²) in [5.74, 6) is -0.413. The number of rotatable bonds is 5. The van der Waals surface area contributed by atoms with Gasteiger partial charge in [-0.1, -0.05) is 23.7 Å². The van der Waals surface area contributed by atoms with Crippen molar-refractivity contribution < 1.29 is 14.0 Å². The summed E-state index contributed by atoms with van der Waals surface area (Å²) in [6.45, 7) is 1.78. The maximum absolute atomic E-state index is 12.1. The van der Waals surface area contributed by atoms with Crippen LogP contribution in [0.1, 0.15) is 33.4 Å². The summed E-state index contributed by atoms with van der Waals surface area (Å²) in [4.78, 5) is 24.0. The average molecular weight is 382 g/mol. The van der Waals surface area contributed by atoms with Gasteiger partial charge in [0, 0.05) is 16.3 Å². The molecule has 0 radical (unpaired) electrons. The lowest BCUT2D eigenvalue weighted by molar-refractivity contribution is 0.0953. The number of hydrogen-bond donors (Lipinski definition) is 2. The van der Waals surface area contributed by atoms with Crippen molar-refractivity contribution in [1.29, 1.82) is 0 Å². The molecular weight excluding hydrogens is 366 g/mol. The molecule has 3 rings (SSSR count). The van der Waals surface area contributed by atoms with Crippen LogP contribution in [0.15, 0.2) is 76.4 Å².